The Morgan fingerprint density at radius 3 is 2.61 bits per heavy atom. The maximum Gasteiger partial charge on any atom is 0.302 e. The topological polar surface area (TPSA) is 109 Å². The second-order valence-corrected chi connectivity index (χ2v) is 11.9. The molecule has 8 heteroatoms. The van der Waals surface area contributed by atoms with Gasteiger partial charge in [-0.3, -0.25) is 9.69 Å². The predicted molar refractivity (Wildman–Crippen MR) is 117 cm³/mol. The maximum absolute atomic E-state index is 12.5. The number of methoxy groups -OCH3 is 2. The van der Waals surface area contributed by atoms with Crippen LogP contribution in [0.25, 0.3) is 0 Å². The number of aliphatic hydroxyl groups is 3. The quantitative estimate of drug-likeness (QED) is 0.502. The standard InChI is InChI=1S/C25H39NO7/c1-5-26-10-23(11-31-3)7-6-16(28)25-14-8-13-15(32-4)9-24(30,17(14)20(13)33-12(2)27)18(22(25)26)19(29)21(23)25/h13-22,28-30H,5-11H2,1-4H3/t13-,14-,15+,16+,17-,18-,19-,20-,21+,22+,23-,24-,25-/m1/s1. The molecule has 0 amide bonds. The molecule has 0 aromatic carbocycles. The molecular formula is C25H39NO7. The first kappa shape index (κ1) is 22.7. The number of carbonyl (C=O) groups is 1. The number of hydrogen-bond acceptors (Lipinski definition) is 8. The van der Waals surface area contributed by atoms with Gasteiger partial charge in [-0.1, -0.05) is 6.92 Å². The molecule has 1 spiro atoms. The number of fused-ring (bicyclic) bond motifs is 2. The summed E-state index contributed by atoms with van der Waals surface area (Å²) in [5, 5.41) is 36.4. The number of carbonyl (C=O) groups excluding carboxylic acids is 1. The molecule has 186 valence electrons. The molecule has 0 aromatic heterocycles. The number of piperidine rings is 1. The Hall–Kier alpha value is -0.770. The summed E-state index contributed by atoms with van der Waals surface area (Å²) in [6, 6.07) is -0.110. The van der Waals surface area contributed by atoms with Crippen molar-refractivity contribution in [3.05, 3.63) is 0 Å². The normalized spacial score (nSPS) is 58.4. The van der Waals surface area contributed by atoms with E-state index in [9.17, 15) is 20.1 Å². The van der Waals surface area contributed by atoms with E-state index in [-0.39, 0.29) is 47.2 Å². The number of aliphatic hydroxyl groups excluding tert-OH is 2. The van der Waals surface area contributed by atoms with Crippen molar-refractivity contribution < 1.29 is 34.3 Å². The maximum atomic E-state index is 12.5. The van der Waals surface area contributed by atoms with Crippen LogP contribution >= 0.6 is 0 Å². The van der Waals surface area contributed by atoms with Crippen molar-refractivity contribution in [2.75, 3.05) is 33.9 Å². The third kappa shape index (κ3) is 2.41. The highest BCUT2D eigenvalue weighted by atomic mass is 16.5. The van der Waals surface area contributed by atoms with E-state index in [1.165, 1.54) is 6.92 Å². The minimum atomic E-state index is -1.22. The zero-order valence-corrected chi connectivity index (χ0v) is 20.1. The van der Waals surface area contributed by atoms with Crippen molar-refractivity contribution in [2.45, 2.75) is 75.6 Å². The zero-order valence-electron chi connectivity index (χ0n) is 20.1. The molecule has 0 aromatic rings. The van der Waals surface area contributed by atoms with Crippen molar-refractivity contribution in [2.24, 2.45) is 40.4 Å². The summed E-state index contributed by atoms with van der Waals surface area (Å²) in [5.74, 6) is -1.30. The van der Waals surface area contributed by atoms with Gasteiger partial charge in [-0.2, -0.15) is 0 Å². The Morgan fingerprint density at radius 2 is 1.97 bits per heavy atom. The Labute approximate surface area is 195 Å². The summed E-state index contributed by atoms with van der Waals surface area (Å²) in [5.41, 5.74) is -2.04. The van der Waals surface area contributed by atoms with E-state index >= 15 is 0 Å². The van der Waals surface area contributed by atoms with Crippen molar-refractivity contribution >= 4 is 5.97 Å². The summed E-state index contributed by atoms with van der Waals surface area (Å²) in [6.45, 7) is 5.69. The molecule has 1 heterocycles. The van der Waals surface area contributed by atoms with Gasteiger partial charge in [0.15, 0.2) is 0 Å². The Morgan fingerprint density at radius 1 is 1.21 bits per heavy atom. The number of rotatable bonds is 5. The second kappa shape index (κ2) is 7.14. The molecule has 8 nitrogen and oxygen atoms in total. The first-order valence-electron chi connectivity index (χ1n) is 12.7. The Kier molecular flexibility index (Phi) is 4.91. The van der Waals surface area contributed by atoms with Gasteiger partial charge in [-0.05, 0) is 31.7 Å². The van der Waals surface area contributed by atoms with E-state index in [4.69, 9.17) is 14.2 Å². The fourth-order valence-corrected chi connectivity index (χ4v) is 10.8. The second-order valence-electron chi connectivity index (χ2n) is 11.9. The summed E-state index contributed by atoms with van der Waals surface area (Å²) >= 11 is 0. The molecule has 5 aliphatic carbocycles. The summed E-state index contributed by atoms with van der Waals surface area (Å²) in [6.07, 6.45) is 0.608. The van der Waals surface area contributed by atoms with Gasteiger partial charge in [-0.15, -0.1) is 0 Å². The Balaban J connectivity index is 1.59. The van der Waals surface area contributed by atoms with Crippen LogP contribution in [-0.4, -0.2) is 96.2 Å². The van der Waals surface area contributed by atoms with Gasteiger partial charge in [0.1, 0.15) is 6.10 Å². The lowest BCUT2D eigenvalue weighted by molar-refractivity contribution is -0.274. The molecule has 6 aliphatic rings. The van der Waals surface area contributed by atoms with Gasteiger partial charge in [0.2, 0.25) is 0 Å². The molecule has 1 saturated heterocycles. The van der Waals surface area contributed by atoms with Gasteiger partial charge >= 0.3 is 5.97 Å². The van der Waals surface area contributed by atoms with Crippen LogP contribution in [0.3, 0.4) is 0 Å². The molecular weight excluding hydrogens is 426 g/mol. The van der Waals surface area contributed by atoms with Crippen LogP contribution in [0.5, 0.6) is 0 Å². The molecule has 1 aliphatic heterocycles. The van der Waals surface area contributed by atoms with Crippen LogP contribution in [0.1, 0.15) is 39.5 Å². The van der Waals surface area contributed by atoms with Crippen molar-refractivity contribution in [3.63, 3.8) is 0 Å². The molecule has 5 saturated carbocycles. The monoisotopic (exact) mass is 465 g/mol. The van der Waals surface area contributed by atoms with Crippen LogP contribution < -0.4 is 0 Å². The highest BCUT2D eigenvalue weighted by molar-refractivity contribution is 5.66. The summed E-state index contributed by atoms with van der Waals surface area (Å²) in [4.78, 5) is 14.6. The lowest BCUT2D eigenvalue weighted by Crippen LogP contribution is -2.76. The fourth-order valence-electron chi connectivity index (χ4n) is 10.8. The largest absolute Gasteiger partial charge is 0.462 e. The SMILES string of the molecule is CCN1C[C@@]2(COC)CC[C@H](O)[C@]34[C@@H]5C[C@H]6[C@@H](OC(C)=O)[C@@H]5[C@](O)(C[C@@H]6OC)[C@H]([C@@H](O)[C@@H]23)[C@H]14. The number of hydrogen-bond donors (Lipinski definition) is 3. The van der Waals surface area contributed by atoms with E-state index in [2.05, 4.69) is 11.8 Å². The van der Waals surface area contributed by atoms with Gasteiger partial charge < -0.3 is 29.5 Å². The van der Waals surface area contributed by atoms with E-state index in [0.29, 0.717) is 19.4 Å². The minimum absolute atomic E-state index is 0.0122. The van der Waals surface area contributed by atoms with Crippen LogP contribution in [0.15, 0.2) is 0 Å². The van der Waals surface area contributed by atoms with E-state index < -0.39 is 35.2 Å². The molecule has 0 radical (unpaired) electrons. The van der Waals surface area contributed by atoms with Crippen molar-refractivity contribution in [1.82, 2.24) is 4.90 Å². The van der Waals surface area contributed by atoms with Crippen molar-refractivity contribution in [1.29, 1.82) is 0 Å². The average Bonchev–Trinajstić information content (AvgIpc) is 3.18. The van der Waals surface area contributed by atoms with E-state index in [1.54, 1.807) is 14.2 Å². The van der Waals surface area contributed by atoms with Gasteiger partial charge in [0.05, 0.1) is 30.5 Å². The van der Waals surface area contributed by atoms with Gasteiger partial charge in [0, 0.05) is 74.7 Å². The lowest BCUT2D eigenvalue weighted by Gasteiger charge is -2.68. The highest BCUT2D eigenvalue weighted by Crippen LogP contribution is 2.78. The number of likely N-dealkylation sites (tertiary alicyclic amines) is 1. The number of nitrogens with zero attached hydrogens (tertiary/aromatic N) is 1. The van der Waals surface area contributed by atoms with Gasteiger partial charge in [0.25, 0.3) is 0 Å². The number of ether oxygens (including phenoxy) is 3. The molecule has 13 atom stereocenters. The Bertz CT molecular complexity index is 840. The van der Waals surface area contributed by atoms with Crippen LogP contribution in [-0.2, 0) is 19.0 Å². The summed E-state index contributed by atoms with van der Waals surface area (Å²) < 4.78 is 17.5. The van der Waals surface area contributed by atoms with Crippen LogP contribution in [0, 0.1) is 40.4 Å². The van der Waals surface area contributed by atoms with Crippen LogP contribution in [0.4, 0.5) is 0 Å². The lowest BCUT2D eigenvalue weighted by atomic mass is 9.43. The predicted octanol–water partition coefficient (Wildman–Crippen LogP) is 0.419. The minimum Gasteiger partial charge on any atom is -0.462 e. The molecule has 3 N–H and O–H groups in total. The molecule has 33 heavy (non-hydrogen) atoms. The van der Waals surface area contributed by atoms with E-state index in [0.717, 1.165) is 25.9 Å². The average molecular weight is 466 g/mol. The van der Waals surface area contributed by atoms with Crippen LogP contribution in [0.2, 0.25) is 0 Å². The first-order chi connectivity index (χ1) is 15.7. The molecule has 6 fully saturated rings. The first-order valence-corrected chi connectivity index (χ1v) is 12.7. The third-order valence-electron chi connectivity index (χ3n) is 11.1. The zero-order chi connectivity index (χ0) is 23.5. The molecule has 0 unspecified atom stereocenters. The smallest absolute Gasteiger partial charge is 0.302 e. The molecule has 6 rings (SSSR count). The summed E-state index contributed by atoms with van der Waals surface area (Å²) in [7, 11) is 3.38. The van der Waals surface area contributed by atoms with E-state index in [1.807, 2.05) is 0 Å². The molecule has 7 bridgehead atoms. The van der Waals surface area contributed by atoms with Gasteiger partial charge in [-0.25, -0.2) is 0 Å². The number of esters is 1. The third-order valence-corrected chi connectivity index (χ3v) is 11.1. The highest BCUT2D eigenvalue weighted by Gasteiger charge is 2.86. The van der Waals surface area contributed by atoms with Crippen molar-refractivity contribution in [3.8, 4) is 0 Å². The fraction of sp³-hybridized carbons (Fsp3) is 0.960.